The van der Waals surface area contributed by atoms with Crippen LogP contribution < -0.4 is 5.32 Å². The number of aryl methyl sites for hydroxylation is 1. The minimum absolute atomic E-state index is 0.0208. The number of hydrogen-bond acceptors (Lipinski definition) is 5. The molecule has 7 nitrogen and oxygen atoms in total. The van der Waals surface area contributed by atoms with Crippen LogP contribution in [0.25, 0.3) is 11.5 Å². The van der Waals surface area contributed by atoms with E-state index in [-0.39, 0.29) is 17.9 Å². The van der Waals surface area contributed by atoms with E-state index in [0.29, 0.717) is 23.0 Å². The largest absolute Gasteiger partial charge is 0.478 e. The fraction of sp³-hybridized carbons (Fsp3) is 0.111. The molecule has 0 unspecified atom stereocenters. The molecule has 1 amide bonds. The lowest BCUT2D eigenvalue weighted by atomic mass is 10.0. The Labute approximate surface area is 143 Å². The van der Waals surface area contributed by atoms with Crippen LogP contribution in [0.5, 0.6) is 0 Å². The van der Waals surface area contributed by atoms with Crippen LogP contribution in [0.3, 0.4) is 0 Å². The van der Waals surface area contributed by atoms with Gasteiger partial charge in [-0.3, -0.25) is 4.79 Å². The molecule has 3 rings (SSSR count). The summed E-state index contributed by atoms with van der Waals surface area (Å²) in [6, 6.07) is 13.4. The second kappa shape index (κ2) is 6.96. The van der Waals surface area contributed by atoms with E-state index in [1.165, 1.54) is 6.07 Å². The molecule has 0 aliphatic carbocycles. The van der Waals surface area contributed by atoms with Gasteiger partial charge < -0.3 is 14.8 Å². The number of nitrogens with zero attached hydrogens (tertiary/aromatic N) is 2. The zero-order valence-corrected chi connectivity index (χ0v) is 13.4. The van der Waals surface area contributed by atoms with Gasteiger partial charge in [-0.25, -0.2) is 4.79 Å². The van der Waals surface area contributed by atoms with Gasteiger partial charge in [-0.05, 0) is 35.9 Å². The quantitative estimate of drug-likeness (QED) is 0.741. The van der Waals surface area contributed by atoms with E-state index in [4.69, 9.17) is 9.52 Å². The number of carboxylic acids is 1. The van der Waals surface area contributed by atoms with Crippen molar-refractivity contribution >= 4 is 17.6 Å². The number of anilines is 1. The summed E-state index contributed by atoms with van der Waals surface area (Å²) in [5, 5.41) is 19.6. The maximum Gasteiger partial charge on any atom is 0.335 e. The van der Waals surface area contributed by atoms with Gasteiger partial charge in [0.1, 0.15) is 0 Å². The Morgan fingerprint density at radius 2 is 1.80 bits per heavy atom. The first-order valence-electron chi connectivity index (χ1n) is 7.54. The summed E-state index contributed by atoms with van der Waals surface area (Å²) in [4.78, 5) is 23.4. The van der Waals surface area contributed by atoms with E-state index in [1.54, 1.807) is 49.4 Å². The Kier molecular flexibility index (Phi) is 4.56. The molecule has 3 aromatic rings. The van der Waals surface area contributed by atoms with E-state index in [1.807, 2.05) is 0 Å². The predicted molar refractivity (Wildman–Crippen MR) is 90.2 cm³/mol. The van der Waals surface area contributed by atoms with Gasteiger partial charge in [-0.1, -0.05) is 18.2 Å². The van der Waals surface area contributed by atoms with Gasteiger partial charge in [0.2, 0.25) is 17.7 Å². The highest BCUT2D eigenvalue weighted by atomic mass is 16.4. The minimum atomic E-state index is -1.05. The third-order valence-corrected chi connectivity index (χ3v) is 3.54. The van der Waals surface area contributed by atoms with Gasteiger partial charge in [-0.2, -0.15) is 0 Å². The number of hydrogen-bond donors (Lipinski definition) is 2. The highest BCUT2D eigenvalue weighted by Crippen LogP contribution is 2.20. The van der Waals surface area contributed by atoms with E-state index >= 15 is 0 Å². The molecule has 0 aliphatic heterocycles. The monoisotopic (exact) mass is 337 g/mol. The van der Waals surface area contributed by atoms with Crippen molar-refractivity contribution in [1.29, 1.82) is 0 Å². The van der Waals surface area contributed by atoms with Crippen LogP contribution in [0, 0.1) is 6.92 Å². The zero-order valence-electron chi connectivity index (χ0n) is 13.4. The lowest BCUT2D eigenvalue weighted by Crippen LogP contribution is -2.16. The van der Waals surface area contributed by atoms with Crippen molar-refractivity contribution in [2.45, 2.75) is 13.3 Å². The van der Waals surface area contributed by atoms with Crippen LogP contribution in [0.2, 0.25) is 0 Å². The summed E-state index contributed by atoms with van der Waals surface area (Å²) < 4.78 is 5.34. The fourth-order valence-electron chi connectivity index (χ4n) is 2.37. The van der Waals surface area contributed by atoms with Crippen molar-refractivity contribution in [1.82, 2.24) is 10.2 Å². The minimum Gasteiger partial charge on any atom is -0.478 e. The highest BCUT2D eigenvalue weighted by molar-refractivity contribution is 5.96. The Bertz CT molecular complexity index is 916. The van der Waals surface area contributed by atoms with Crippen LogP contribution in [0.1, 0.15) is 21.8 Å². The van der Waals surface area contributed by atoms with Crippen molar-refractivity contribution in [2.24, 2.45) is 0 Å². The topological polar surface area (TPSA) is 105 Å². The maximum absolute atomic E-state index is 12.2. The Hall–Kier alpha value is -3.48. The summed E-state index contributed by atoms with van der Waals surface area (Å²) >= 11 is 0. The first-order chi connectivity index (χ1) is 12.0. The lowest BCUT2D eigenvalue weighted by Gasteiger charge is -2.08. The number of nitrogens with one attached hydrogen (secondary N) is 1. The SMILES string of the molecule is Cc1nnc(-c2ccc(NC(=O)Cc3ccccc3C(=O)O)cc2)o1. The fourth-order valence-corrected chi connectivity index (χ4v) is 2.37. The van der Waals surface area contributed by atoms with Crippen LogP contribution >= 0.6 is 0 Å². The first kappa shape index (κ1) is 16.4. The molecule has 0 saturated carbocycles. The molecule has 25 heavy (non-hydrogen) atoms. The molecule has 0 spiro atoms. The van der Waals surface area contributed by atoms with Crippen LogP contribution in [0.4, 0.5) is 5.69 Å². The summed E-state index contributed by atoms with van der Waals surface area (Å²) in [7, 11) is 0. The Morgan fingerprint density at radius 3 is 2.44 bits per heavy atom. The van der Waals surface area contributed by atoms with Crippen molar-refractivity contribution in [2.75, 3.05) is 5.32 Å². The van der Waals surface area contributed by atoms with Gasteiger partial charge >= 0.3 is 5.97 Å². The molecule has 1 aromatic heterocycles. The number of aromatic carboxylic acids is 1. The standard InChI is InChI=1S/C18H15N3O4/c1-11-20-21-17(25-11)12-6-8-14(9-7-12)19-16(22)10-13-4-2-3-5-15(13)18(23)24/h2-9H,10H2,1H3,(H,19,22)(H,23,24). The molecule has 0 atom stereocenters. The molecular formula is C18H15N3O4. The van der Waals surface area contributed by atoms with Gasteiger partial charge in [-0.15, -0.1) is 10.2 Å². The van der Waals surface area contributed by atoms with Crippen molar-refractivity contribution in [3.05, 3.63) is 65.5 Å². The number of amides is 1. The van der Waals surface area contributed by atoms with Crippen molar-refractivity contribution < 1.29 is 19.1 Å². The van der Waals surface area contributed by atoms with Gasteiger partial charge in [0.05, 0.1) is 12.0 Å². The Balaban J connectivity index is 1.68. The summed E-state index contributed by atoms with van der Waals surface area (Å²) in [5.74, 6) is -0.465. The molecule has 0 fully saturated rings. The number of benzene rings is 2. The molecule has 1 heterocycles. The van der Waals surface area contributed by atoms with E-state index < -0.39 is 5.97 Å². The van der Waals surface area contributed by atoms with E-state index in [2.05, 4.69) is 15.5 Å². The van der Waals surface area contributed by atoms with Crippen molar-refractivity contribution in [3.8, 4) is 11.5 Å². The normalized spacial score (nSPS) is 10.4. The predicted octanol–water partition coefficient (Wildman–Crippen LogP) is 2.92. The van der Waals surface area contributed by atoms with E-state index in [0.717, 1.165) is 5.56 Å². The first-order valence-corrected chi connectivity index (χ1v) is 7.54. The number of rotatable bonds is 5. The highest BCUT2D eigenvalue weighted by Gasteiger charge is 2.13. The number of aromatic nitrogens is 2. The second-order valence-corrected chi connectivity index (χ2v) is 5.39. The molecule has 0 saturated heterocycles. The van der Waals surface area contributed by atoms with Crippen LogP contribution in [-0.4, -0.2) is 27.2 Å². The molecule has 0 radical (unpaired) electrons. The zero-order chi connectivity index (χ0) is 17.8. The smallest absolute Gasteiger partial charge is 0.335 e. The van der Waals surface area contributed by atoms with Crippen LogP contribution in [0.15, 0.2) is 52.9 Å². The summed E-state index contributed by atoms with van der Waals surface area (Å²) in [6.45, 7) is 1.71. The molecule has 2 N–H and O–H groups in total. The third-order valence-electron chi connectivity index (χ3n) is 3.54. The summed E-state index contributed by atoms with van der Waals surface area (Å²) in [5.41, 5.74) is 1.93. The lowest BCUT2D eigenvalue weighted by molar-refractivity contribution is -0.115. The number of carbonyl (C=O) groups excluding carboxylic acids is 1. The third kappa shape index (κ3) is 3.89. The van der Waals surface area contributed by atoms with Gasteiger partial charge in [0.15, 0.2) is 0 Å². The van der Waals surface area contributed by atoms with Gasteiger partial charge in [0, 0.05) is 18.2 Å². The van der Waals surface area contributed by atoms with Crippen LogP contribution in [-0.2, 0) is 11.2 Å². The summed E-state index contributed by atoms with van der Waals surface area (Å²) in [6.07, 6.45) is -0.0208. The second-order valence-electron chi connectivity index (χ2n) is 5.39. The van der Waals surface area contributed by atoms with Crippen molar-refractivity contribution in [3.63, 3.8) is 0 Å². The van der Waals surface area contributed by atoms with E-state index in [9.17, 15) is 9.59 Å². The molecule has 126 valence electrons. The number of carbonyl (C=O) groups is 2. The molecule has 7 heteroatoms. The molecule has 0 bridgehead atoms. The number of carboxylic acid groups (broad SMARTS) is 1. The van der Waals surface area contributed by atoms with Gasteiger partial charge in [0.25, 0.3) is 0 Å². The average molecular weight is 337 g/mol. The Morgan fingerprint density at radius 1 is 1.08 bits per heavy atom. The molecule has 0 aliphatic rings. The molecule has 2 aromatic carbocycles. The average Bonchev–Trinajstić information content (AvgIpc) is 3.02. The maximum atomic E-state index is 12.2. The molecular weight excluding hydrogens is 322 g/mol.